The predicted molar refractivity (Wildman–Crippen MR) is 57.7 cm³/mol. The average molecular weight is 227 g/mol. The van der Waals surface area contributed by atoms with E-state index in [1.54, 1.807) is 25.1 Å². The topological polar surface area (TPSA) is 72.2 Å². The Morgan fingerprint density at radius 2 is 2.13 bits per heavy atom. The van der Waals surface area contributed by atoms with Crippen molar-refractivity contribution in [3.8, 4) is 0 Å². The van der Waals surface area contributed by atoms with Gasteiger partial charge in [0.25, 0.3) is 5.91 Å². The van der Waals surface area contributed by atoms with Crippen LogP contribution in [-0.2, 0) is 4.79 Å². The Labute approximate surface area is 92.4 Å². The molecule has 0 unspecified atom stereocenters. The molecule has 4 nitrogen and oxygen atoms in total. The van der Waals surface area contributed by atoms with E-state index in [0.29, 0.717) is 10.6 Å². The van der Waals surface area contributed by atoms with Gasteiger partial charge in [-0.1, -0.05) is 23.7 Å². The summed E-state index contributed by atoms with van der Waals surface area (Å²) in [6.07, 6.45) is 0. The van der Waals surface area contributed by atoms with Crippen LogP contribution in [0.1, 0.15) is 15.9 Å². The maximum Gasteiger partial charge on any atom is 0.253 e. The number of primary amides is 1. The van der Waals surface area contributed by atoms with Crippen molar-refractivity contribution in [2.24, 2.45) is 5.73 Å². The Morgan fingerprint density at radius 3 is 2.73 bits per heavy atom. The highest BCUT2D eigenvalue weighted by Gasteiger charge is 2.11. The molecule has 15 heavy (non-hydrogen) atoms. The van der Waals surface area contributed by atoms with E-state index in [2.05, 4.69) is 5.32 Å². The van der Waals surface area contributed by atoms with Crippen molar-refractivity contribution >= 4 is 23.4 Å². The number of benzene rings is 1. The third kappa shape index (κ3) is 2.95. The molecule has 0 aliphatic heterocycles. The van der Waals surface area contributed by atoms with Gasteiger partial charge in [0.05, 0.1) is 17.1 Å². The molecule has 0 bridgehead atoms. The zero-order chi connectivity index (χ0) is 11.4. The summed E-state index contributed by atoms with van der Waals surface area (Å²) in [4.78, 5) is 22.0. The van der Waals surface area contributed by atoms with Crippen molar-refractivity contribution in [1.82, 2.24) is 5.32 Å². The summed E-state index contributed by atoms with van der Waals surface area (Å²) in [5, 5.41) is 2.76. The number of amides is 2. The number of nitrogens with two attached hydrogens (primary N) is 1. The Bertz CT molecular complexity index is 404. The molecule has 80 valence electrons. The van der Waals surface area contributed by atoms with E-state index in [1.807, 2.05) is 0 Å². The lowest BCUT2D eigenvalue weighted by Crippen LogP contribution is -2.33. The summed E-state index contributed by atoms with van der Waals surface area (Å²) in [5.41, 5.74) is 6.05. The van der Waals surface area contributed by atoms with E-state index in [4.69, 9.17) is 17.3 Å². The van der Waals surface area contributed by atoms with E-state index < -0.39 is 11.8 Å². The Balaban J connectivity index is 2.82. The molecule has 0 saturated carbocycles. The summed E-state index contributed by atoms with van der Waals surface area (Å²) < 4.78 is 0. The van der Waals surface area contributed by atoms with Crippen LogP contribution >= 0.6 is 11.6 Å². The molecule has 0 atom stereocenters. The maximum absolute atomic E-state index is 11.5. The third-order valence-electron chi connectivity index (χ3n) is 1.86. The van der Waals surface area contributed by atoms with Gasteiger partial charge in [-0.3, -0.25) is 9.59 Å². The molecule has 0 aliphatic carbocycles. The summed E-state index contributed by atoms with van der Waals surface area (Å²) in [6, 6.07) is 5.11. The minimum Gasteiger partial charge on any atom is -0.368 e. The second-order valence-corrected chi connectivity index (χ2v) is 3.46. The van der Waals surface area contributed by atoms with Crippen molar-refractivity contribution < 1.29 is 9.59 Å². The van der Waals surface area contributed by atoms with E-state index in [1.165, 1.54) is 0 Å². The van der Waals surface area contributed by atoms with E-state index >= 15 is 0 Å². The summed E-state index contributed by atoms with van der Waals surface area (Å²) in [7, 11) is 0. The van der Waals surface area contributed by atoms with Gasteiger partial charge >= 0.3 is 0 Å². The number of hydrogen-bond acceptors (Lipinski definition) is 2. The maximum atomic E-state index is 11.5. The van der Waals surface area contributed by atoms with Gasteiger partial charge in [0.2, 0.25) is 5.91 Å². The van der Waals surface area contributed by atoms with Gasteiger partial charge in [-0.25, -0.2) is 0 Å². The van der Waals surface area contributed by atoms with Crippen LogP contribution in [0.15, 0.2) is 18.2 Å². The number of carbonyl (C=O) groups is 2. The fraction of sp³-hybridized carbons (Fsp3) is 0.200. The molecule has 0 saturated heterocycles. The van der Waals surface area contributed by atoms with Gasteiger partial charge in [-0.2, -0.15) is 0 Å². The van der Waals surface area contributed by atoms with Crippen molar-refractivity contribution in [3.63, 3.8) is 0 Å². The van der Waals surface area contributed by atoms with Crippen LogP contribution < -0.4 is 11.1 Å². The largest absolute Gasteiger partial charge is 0.368 e. The monoisotopic (exact) mass is 226 g/mol. The molecule has 1 aromatic carbocycles. The normalized spacial score (nSPS) is 9.73. The van der Waals surface area contributed by atoms with Crippen molar-refractivity contribution in [2.75, 3.05) is 6.54 Å². The summed E-state index contributed by atoms with van der Waals surface area (Å²) >= 11 is 5.93. The lowest BCUT2D eigenvalue weighted by molar-refractivity contribution is -0.117. The predicted octanol–water partition coefficient (Wildman–Crippen LogP) is 0.864. The first-order chi connectivity index (χ1) is 7.02. The van der Waals surface area contributed by atoms with Crippen LogP contribution in [0.25, 0.3) is 0 Å². The van der Waals surface area contributed by atoms with Crippen molar-refractivity contribution in [1.29, 1.82) is 0 Å². The molecule has 0 spiro atoms. The first-order valence-electron chi connectivity index (χ1n) is 4.34. The third-order valence-corrected chi connectivity index (χ3v) is 2.36. The van der Waals surface area contributed by atoms with E-state index in [0.717, 1.165) is 5.56 Å². The van der Waals surface area contributed by atoms with Gasteiger partial charge in [0, 0.05) is 0 Å². The van der Waals surface area contributed by atoms with Gasteiger partial charge < -0.3 is 11.1 Å². The molecule has 2 amide bonds. The van der Waals surface area contributed by atoms with Crippen LogP contribution in [0.4, 0.5) is 0 Å². The molecule has 0 aliphatic rings. The first-order valence-corrected chi connectivity index (χ1v) is 4.71. The molecule has 0 fully saturated rings. The molecule has 5 heteroatoms. The number of hydrogen-bond donors (Lipinski definition) is 2. The highest BCUT2D eigenvalue weighted by Crippen LogP contribution is 2.19. The fourth-order valence-corrected chi connectivity index (χ4v) is 1.30. The minimum absolute atomic E-state index is 0.191. The second kappa shape index (κ2) is 4.79. The van der Waals surface area contributed by atoms with Crippen LogP contribution in [0, 0.1) is 6.92 Å². The molecule has 1 aromatic rings. The Kier molecular flexibility index (Phi) is 3.68. The SMILES string of the molecule is Cc1cccc(C(=O)NCC(N)=O)c1Cl. The lowest BCUT2D eigenvalue weighted by Gasteiger charge is -2.06. The zero-order valence-corrected chi connectivity index (χ0v) is 8.97. The van der Waals surface area contributed by atoms with Crippen molar-refractivity contribution in [3.05, 3.63) is 34.3 Å². The summed E-state index contributed by atoms with van der Waals surface area (Å²) in [6.45, 7) is 1.61. The quantitative estimate of drug-likeness (QED) is 0.803. The highest BCUT2D eigenvalue weighted by atomic mass is 35.5. The number of nitrogens with one attached hydrogen (secondary N) is 1. The second-order valence-electron chi connectivity index (χ2n) is 3.09. The van der Waals surface area contributed by atoms with Gasteiger partial charge in [0.1, 0.15) is 0 Å². The van der Waals surface area contributed by atoms with Crippen LogP contribution in [0.5, 0.6) is 0 Å². The number of rotatable bonds is 3. The molecule has 1 rings (SSSR count). The van der Waals surface area contributed by atoms with Crippen LogP contribution in [-0.4, -0.2) is 18.4 Å². The average Bonchev–Trinajstić information content (AvgIpc) is 2.18. The Hall–Kier alpha value is -1.55. The standard InChI is InChI=1S/C10H11ClN2O2/c1-6-3-2-4-7(9(6)11)10(15)13-5-8(12)14/h2-4H,5H2,1H3,(H2,12,14)(H,13,15). The first kappa shape index (κ1) is 11.5. The zero-order valence-electron chi connectivity index (χ0n) is 8.21. The molecule has 3 N–H and O–H groups in total. The number of halogens is 1. The molecule has 0 radical (unpaired) electrons. The van der Waals surface area contributed by atoms with Gasteiger partial charge in [0.15, 0.2) is 0 Å². The molecule has 0 aromatic heterocycles. The van der Waals surface area contributed by atoms with Crippen LogP contribution in [0.2, 0.25) is 5.02 Å². The Morgan fingerprint density at radius 1 is 1.47 bits per heavy atom. The van der Waals surface area contributed by atoms with Crippen LogP contribution in [0.3, 0.4) is 0 Å². The van der Waals surface area contributed by atoms with Gasteiger partial charge in [-0.15, -0.1) is 0 Å². The number of aryl methyl sites for hydroxylation is 1. The minimum atomic E-state index is -0.591. The van der Waals surface area contributed by atoms with E-state index in [9.17, 15) is 9.59 Å². The lowest BCUT2D eigenvalue weighted by atomic mass is 10.1. The summed E-state index contributed by atoms with van der Waals surface area (Å²) in [5.74, 6) is -0.991. The smallest absolute Gasteiger partial charge is 0.253 e. The fourth-order valence-electron chi connectivity index (χ4n) is 1.09. The molecular formula is C10H11ClN2O2. The highest BCUT2D eigenvalue weighted by molar-refractivity contribution is 6.34. The number of carbonyl (C=O) groups excluding carboxylic acids is 2. The van der Waals surface area contributed by atoms with Crippen molar-refractivity contribution in [2.45, 2.75) is 6.92 Å². The van der Waals surface area contributed by atoms with E-state index in [-0.39, 0.29) is 6.54 Å². The van der Waals surface area contributed by atoms with Gasteiger partial charge in [-0.05, 0) is 18.6 Å². The molecule has 0 heterocycles. The molecular weight excluding hydrogens is 216 g/mol.